The van der Waals surface area contributed by atoms with Gasteiger partial charge in [0.05, 0.1) is 12.1 Å². The van der Waals surface area contributed by atoms with E-state index in [2.05, 4.69) is 27.0 Å². The molecule has 2 heterocycles. The molecule has 0 fully saturated rings. The van der Waals surface area contributed by atoms with Gasteiger partial charge in [-0.05, 0) is 73.9 Å². The van der Waals surface area contributed by atoms with Crippen molar-refractivity contribution in [2.24, 2.45) is 0 Å². The van der Waals surface area contributed by atoms with Gasteiger partial charge in [0.1, 0.15) is 5.82 Å². The minimum atomic E-state index is -0.831. The highest BCUT2D eigenvalue weighted by Crippen LogP contribution is 2.31. The number of carboxylic acids is 1. The average molecular weight is 443 g/mol. The third-order valence-electron chi connectivity index (χ3n) is 5.58. The topological polar surface area (TPSA) is 89.1 Å². The summed E-state index contributed by atoms with van der Waals surface area (Å²) < 4.78 is 4.12. The normalized spacial score (nSPS) is 10.9. The number of amides is 1. The van der Waals surface area contributed by atoms with Crippen molar-refractivity contribution in [3.63, 3.8) is 0 Å². The van der Waals surface area contributed by atoms with E-state index in [1.165, 1.54) is 6.92 Å². The number of benzene rings is 2. The number of rotatable bonds is 7. The van der Waals surface area contributed by atoms with Crippen LogP contribution in [0.3, 0.4) is 0 Å². The number of carbonyl (C=O) groups excluding carboxylic acids is 1. The van der Waals surface area contributed by atoms with Crippen LogP contribution in [0.25, 0.3) is 22.6 Å². The summed E-state index contributed by atoms with van der Waals surface area (Å²) in [4.78, 5) is 27.0. The molecule has 2 aromatic carbocycles. The Morgan fingerprint density at radius 2 is 1.79 bits per heavy atom. The molecule has 0 unspecified atom stereocenters. The van der Waals surface area contributed by atoms with Gasteiger partial charge in [0, 0.05) is 42.1 Å². The lowest BCUT2D eigenvalue weighted by Gasteiger charge is -2.17. The Balaban J connectivity index is 1.77. The third-order valence-corrected chi connectivity index (χ3v) is 5.58. The molecule has 1 amide bonds. The highest BCUT2D eigenvalue weighted by Gasteiger charge is 2.15. The van der Waals surface area contributed by atoms with Crippen LogP contribution in [-0.4, -0.2) is 31.1 Å². The molecule has 0 saturated heterocycles. The van der Waals surface area contributed by atoms with E-state index in [4.69, 9.17) is 0 Å². The lowest BCUT2D eigenvalue weighted by molar-refractivity contribution is -0.137. The van der Waals surface area contributed by atoms with E-state index in [-0.39, 0.29) is 12.3 Å². The van der Waals surface area contributed by atoms with Crippen LogP contribution in [0, 0.1) is 13.8 Å². The van der Waals surface area contributed by atoms with Crippen LogP contribution in [-0.2, 0) is 16.0 Å². The zero-order chi connectivity index (χ0) is 23.5. The fraction of sp³-hybridized carbons (Fsp3) is 0.192. The molecule has 0 radical (unpaired) electrons. The summed E-state index contributed by atoms with van der Waals surface area (Å²) in [7, 11) is 0. The minimum Gasteiger partial charge on any atom is -0.481 e. The van der Waals surface area contributed by atoms with Gasteiger partial charge in [-0.15, -0.1) is 0 Å². The summed E-state index contributed by atoms with van der Waals surface area (Å²) in [6, 6.07) is 18.0. The Morgan fingerprint density at radius 3 is 2.39 bits per heavy atom. The first-order chi connectivity index (χ1) is 15.8. The average Bonchev–Trinajstić information content (AvgIpc) is 3.38. The molecule has 2 aromatic heterocycles. The largest absolute Gasteiger partial charge is 0.481 e. The number of hydrogen-bond acceptors (Lipinski definition) is 3. The molecule has 0 aliphatic rings. The number of nitrogens with zero attached hydrogens (tertiary/aromatic N) is 3. The van der Waals surface area contributed by atoms with Crippen LogP contribution in [0.5, 0.6) is 0 Å². The van der Waals surface area contributed by atoms with Gasteiger partial charge in [-0.1, -0.05) is 12.1 Å². The standard InChI is InChI=1S/C26H26N4O3/c1-17-16-21(28-19(3)31)6-11-24(17)30-23(10-13-26(32)33)9-12-25(30)20-4-7-22(8-5-20)29-15-14-27-18(29)2/h4-9,11-12,14-16H,10,13H2,1-3H3,(H,28,31)(H,32,33). The second-order valence-electron chi connectivity index (χ2n) is 8.01. The molecule has 4 aromatic rings. The lowest BCUT2D eigenvalue weighted by atomic mass is 10.1. The molecule has 4 rings (SSSR count). The molecule has 0 atom stereocenters. The summed E-state index contributed by atoms with van der Waals surface area (Å²) in [6.07, 6.45) is 4.16. The van der Waals surface area contributed by atoms with E-state index >= 15 is 0 Å². The van der Waals surface area contributed by atoms with Crippen molar-refractivity contribution in [3.8, 4) is 22.6 Å². The van der Waals surface area contributed by atoms with Crippen molar-refractivity contribution >= 4 is 17.6 Å². The highest BCUT2D eigenvalue weighted by atomic mass is 16.4. The Bertz CT molecular complexity index is 1320. The van der Waals surface area contributed by atoms with Crippen LogP contribution in [0.4, 0.5) is 5.69 Å². The molecule has 0 saturated carbocycles. The predicted molar refractivity (Wildman–Crippen MR) is 128 cm³/mol. The zero-order valence-corrected chi connectivity index (χ0v) is 18.9. The van der Waals surface area contributed by atoms with Crippen molar-refractivity contribution in [2.45, 2.75) is 33.6 Å². The Morgan fingerprint density at radius 1 is 1.03 bits per heavy atom. The van der Waals surface area contributed by atoms with Crippen molar-refractivity contribution in [1.29, 1.82) is 0 Å². The van der Waals surface area contributed by atoms with E-state index < -0.39 is 5.97 Å². The summed E-state index contributed by atoms with van der Waals surface area (Å²) in [5.74, 6) is -0.0433. The van der Waals surface area contributed by atoms with E-state index in [0.717, 1.165) is 45.4 Å². The van der Waals surface area contributed by atoms with Gasteiger partial charge in [-0.25, -0.2) is 4.98 Å². The van der Waals surface area contributed by atoms with Crippen molar-refractivity contribution < 1.29 is 14.7 Å². The van der Waals surface area contributed by atoms with Gasteiger partial charge < -0.3 is 19.6 Å². The summed E-state index contributed by atoms with van der Waals surface area (Å²) >= 11 is 0. The quantitative estimate of drug-likeness (QED) is 0.425. The molecular formula is C26H26N4O3. The number of aliphatic carboxylic acids is 1. The molecule has 0 aliphatic heterocycles. The molecule has 0 bridgehead atoms. The maximum Gasteiger partial charge on any atom is 0.303 e. The van der Waals surface area contributed by atoms with E-state index in [1.54, 1.807) is 6.20 Å². The number of hydrogen-bond donors (Lipinski definition) is 2. The summed E-state index contributed by atoms with van der Waals surface area (Å²) in [6.45, 7) is 5.42. The van der Waals surface area contributed by atoms with Gasteiger partial charge >= 0.3 is 5.97 Å². The van der Waals surface area contributed by atoms with E-state index in [9.17, 15) is 14.7 Å². The second-order valence-corrected chi connectivity index (χ2v) is 8.01. The van der Waals surface area contributed by atoms with Crippen molar-refractivity contribution in [2.75, 3.05) is 5.32 Å². The first kappa shape index (κ1) is 22.1. The number of nitrogens with one attached hydrogen (secondary N) is 1. The van der Waals surface area contributed by atoms with Gasteiger partial charge in [0.25, 0.3) is 0 Å². The van der Waals surface area contributed by atoms with Crippen LogP contribution >= 0.6 is 0 Å². The number of aryl methyl sites for hydroxylation is 3. The smallest absolute Gasteiger partial charge is 0.303 e. The monoisotopic (exact) mass is 442 g/mol. The molecule has 0 spiro atoms. The first-order valence-corrected chi connectivity index (χ1v) is 10.8. The Labute approximate surface area is 192 Å². The third kappa shape index (κ3) is 4.72. The predicted octanol–water partition coefficient (Wildman–Crippen LogP) is 4.92. The highest BCUT2D eigenvalue weighted by molar-refractivity contribution is 5.89. The molecule has 168 valence electrons. The molecule has 2 N–H and O–H groups in total. The molecule has 7 heteroatoms. The summed E-state index contributed by atoms with van der Waals surface area (Å²) in [5.41, 5.74) is 6.57. The minimum absolute atomic E-state index is 0.0469. The van der Waals surface area contributed by atoms with Crippen LogP contribution in [0.15, 0.2) is 67.0 Å². The number of carboxylic acid groups (broad SMARTS) is 1. The van der Waals surface area contributed by atoms with Crippen molar-refractivity contribution in [1.82, 2.24) is 14.1 Å². The maximum atomic E-state index is 11.4. The van der Waals surface area contributed by atoms with E-state index in [0.29, 0.717) is 6.42 Å². The van der Waals surface area contributed by atoms with Gasteiger partial charge in [0.2, 0.25) is 5.91 Å². The molecule has 7 nitrogen and oxygen atoms in total. The summed E-state index contributed by atoms with van der Waals surface area (Å²) in [5, 5.41) is 12.0. The SMILES string of the molecule is CC(=O)Nc1ccc(-n2c(CCC(=O)O)ccc2-c2ccc(-n3ccnc3C)cc2)c(C)c1. The van der Waals surface area contributed by atoms with Gasteiger partial charge in [-0.3, -0.25) is 9.59 Å². The zero-order valence-electron chi connectivity index (χ0n) is 18.9. The maximum absolute atomic E-state index is 11.4. The molecule has 33 heavy (non-hydrogen) atoms. The Kier molecular flexibility index (Phi) is 6.13. The fourth-order valence-corrected chi connectivity index (χ4v) is 4.05. The molecule has 0 aliphatic carbocycles. The molecular weight excluding hydrogens is 416 g/mol. The number of aromatic nitrogens is 3. The van der Waals surface area contributed by atoms with Gasteiger partial charge in [-0.2, -0.15) is 0 Å². The van der Waals surface area contributed by atoms with Gasteiger partial charge in [0.15, 0.2) is 0 Å². The van der Waals surface area contributed by atoms with Crippen molar-refractivity contribution in [3.05, 3.63) is 84.1 Å². The van der Waals surface area contributed by atoms with Crippen LogP contribution in [0.1, 0.15) is 30.4 Å². The first-order valence-electron chi connectivity index (χ1n) is 10.8. The number of anilines is 1. The van der Waals surface area contributed by atoms with E-state index in [1.807, 2.05) is 67.1 Å². The number of imidazole rings is 1. The number of carbonyl (C=O) groups is 2. The Hall–Kier alpha value is -4.13. The van der Waals surface area contributed by atoms with Crippen LogP contribution in [0.2, 0.25) is 0 Å². The lowest BCUT2D eigenvalue weighted by Crippen LogP contribution is -2.09. The van der Waals surface area contributed by atoms with Crippen LogP contribution < -0.4 is 5.32 Å². The fourth-order valence-electron chi connectivity index (χ4n) is 4.05. The second kappa shape index (κ2) is 9.16.